The number of rotatable bonds is 6. The van der Waals surface area contributed by atoms with E-state index in [-0.39, 0.29) is 16.6 Å². The summed E-state index contributed by atoms with van der Waals surface area (Å²) in [7, 11) is -3.67. The zero-order chi connectivity index (χ0) is 18.6. The van der Waals surface area contributed by atoms with Gasteiger partial charge in [0.25, 0.3) is 15.9 Å². The van der Waals surface area contributed by atoms with Crippen LogP contribution in [0.2, 0.25) is 0 Å². The van der Waals surface area contributed by atoms with E-state index in [0.29, 0.717) is 12.1 Å². The number of aliphatic imine (C=N–C) groups is 1. The lowest BCUT2D eigenvalue weighted by molar-refractivity contribution is -0.155. The van der Waals surface area contributed by atoms with Gasteiger partial charge in [0.05, 0.1) is 4.90 Å². The van der Waals surface area contributed by atoms with Crippen LogP contribution in [0.5, 0.6) is 0 Å². The molecule has 0 aromatic heterocycles. The van der Waals surface area contributed by atoms with Crippen molar-refractivity contribution < 1.29 is 22.7 Å². The summed E-state index contributed by atoms with van der Waals surface area (Å²) in [6.07, 6.45) is -0.176. The third-order valence-electron chi connectivity index (χ3n) is 3.54. The van der Waals surface area contributed by atoms with Crippen molar-refractivity contribution >= 4 is 27.7 Å². The Kier molecular flexibility index (Phi) is 5.78. The van der Waals surface area contributed by atoms with E-state index in [2.05, 4.69) is 15.0 Å². The van der Waals surface area contributed by atoms with Crippen LogP contribution >= 0.6 is 0 Å². The Labute approximate surface area is 146 Å². The molecule has 1 aromatic carbocycles. The maximum absolute atomic E-state index is 12.1. The molecule has 0 aliphatic carbocycles. The molecule has 1 heterocycles. The van der Waals surface area contributed by atoms with Crippen LogP contribution in [0, 0.1) is 0 Å². The van der Waals surface area contributed by atoms with Gasteiger partial charge in [0.1, 0.15) is 11.9 Å². The van der Waals surface area contributed by atoms with Gasteiger partial charge in [0.15, 0.2) is 6.10 Å². The van der Waals surface area contributed by atoms with E-state index in [9.17, 15) is 18.0 Å². The number of esters is 1. The lowest BCUT2D eigenvalue weighted by atomic mass is 10.2. The van der Waals surface area contributed by atoms with Crippen LogP contribution in [0.1, 0.15) is 32.8 Å². The predicted octanol–water partition coefficient (Wildman–Crippen LogP) is 0.571. The van der Waals surface area contributed by atoms with E-state index in [4.69, 9.17) is 4.74 Å². The Balaban J connectivity index is 2.09. The van der Waals surface area contributed by atoms with Gasteiger partial charge in [-0.15, -0.1) is 0 Å². The molecule has 8 nitrogen and oxygen atoms in total. The minimum atomic E-state index is -3.67. The first-order valence-corrected chi connectivity index (χ1v) is 9.42. The minimum absolute atomic E-state index is 0.0862. The Bertz CT molecular complexity index is 804. The van der Waals surface area contributed by atoms with Gasteiger partial charge < -0.3 is 10.1 Å². The van der Waals surface area contributed by atoms with E-state index in [1.807, 2.05) is 6.92 Å². The van der Waals surface area contributed by atoms with Gasteiger partial charge in [-0.3, -0.25) is 14.5 Å². The van der Waals surface area contributed by atoms with Crippen molar-refractivity contribution in [3.05, 3.63) is 29.8 Å². The van der Waals surface area contributed by atoms with Crippen LogP contribution in [0.25, 0.3) is 0 Å². The zero-order valence-electron chi connectivity index (χ0n) is 14.3. The second-order valence-electron chi connectivity index (χ2n) is 5.63. The first-order valence-electron chi connectivity index (χ1n) is 7.94. The number of ether oxygens (including phenoxy) is 1. The van der Waals surface area contributed by atoms with Crippen molar-refractivity contribution in [2.75, 3.05) is 6.54 Å². The summed E-state index contributed by atoms with van der Waals surface area (Å²) < 4.78 is 31.4. The van der Waals surface area contributed by atoms with Gasteiger partial charge in [-0.25, -0.2) is 13.2 Å². The fourth-order valence-corrected chi connectivity index (χ4v) is 3.43. The first-order chi connectivity index (χ1) is 11.8. The quantitative estimate of drug-likeness (QED) is 0.714. The van der Waals surface area contributed by atoms with Crippen molar-refractivity contribution in [1.29, 1.82) is 0 Å². The lowest BCUT2D eigenvalue weighted by Gasteiger charge is -2.15. The van der Waals surface area contributed by atoms with Gasteiger partial charge >= 0.3 is 5.97 Å². The molecular formula is C16H21N3O5S. The standard InChI is InChI=1S/C16H21N3O5S/c1-4-9-17-15(20)11(3)24-16(21)10(2)18-14-12-7-5-6-8-13(12)25(22,23)19-14/h5-8,10-11H,4,9H2,1-3H3,(H,17,20)(H,18,19)/t10-,11+/m0/s1. The largest absolute Gasteiger partial charge is 0.451 e. The number of carbonyl (C=O) groups is 2. The Hall–Kier alpha value is -2.42. The Morgan fingerprint density at radius 3 is 2.64 bits per heavy atom. The summed E-state index contributed by atoms with van der Waals surface area (Å²) in [5, 5.41) is 2.63. The molecule has 1 amide bonds. The Morgan fingerprint density at radius 1 is 1.28 bits per heavy atom. The molecule has 0 bridgehead atoms. The fraction of sp³-hybridized carbons (Fsp3) is 0.438. The van der Waals surface area contributed by atoms with E-state index in [1.165, 1.54) is 19.9 Å². The zero-order valence-corrected chi connectivity index (χ0v) is 15.1. The Morgan fingerprint density at radius 2 is 1.96 bits per heavy atom. The molecule has 1 aromatic rings. The lowest BCUT2D eigenvalue weighted by Crippen LogP contribution is -2.38. The number of carbonyl (C=O) groups excluding carboxylic acids is 2. The molecule has 2 rings (SSSR count). The maximum Gasteiger partial charge on any atom is 0.331 e. The van der Waals surface area contributed by atoms with Gasteiger partial charge in [0.2, 0.25) is 0 Å². The predicted molar refractivity (Wildman–Crippen MR) is 91.6 cm³/mol. The second-order valence-corrected chi connectivity index (χ2v) is 7.28. The fourth-order valence-electron chi connectivity index (χ4n) is 2.19. The molecule has 0 unspecified atom stereocenters. The van der Waals surface area contributed by atoms with E-state index >= 15 is 0 Å². The number of amidine groups is 1. The summed E-state index contributed by atoms with van der Waals surface area (Å²) in [5.41, 5.74) is 0.399. The van der Waals surface area contributed by atoms with Gasteiger partial charge in [0, 0.05) is 12.1 Å². The van der Waals surface area contributed by atoms with Gasteiger partial charge in [-0.2, -0.15) is 0 Å². The van der Waals surface area contributed by atoms with Crippen LogP contribution < -0.4 is 10.0 Å². The van der Waals surface area contributed by atoms with Crippen LogP contribution in [-0.4, -0.2) is 44.8 Å². The van der Waals surface area contributed by atoms with Gasteiger partial charge in [-0.05, 0) is 32.4 Å². The number of hydrogen-bond donors (Lipinski definition) is 2. The average Bonchev–Trinajstić information content (AvgIpc) is 2.83. The average molecular weight is 367 g/mol. The number of sulfonamides is 1. The third kappa shape index (κ3) is 4.36. The molecule has 0 radical (unpaired) electrons. The molecule has 2 atom stereocenters. The monoisotopic (exact) mass is 367 g/mol. The first kappa shape index (κ1) is 18.9. The van der Waals surface area contributed by atoms with Crippen LogP contribution in [0.3, 0.4) is 0 Å². The number of fused-ring (bicyclic) bond motifs is 1. The van der Waals surface area contributed by atoms with Crippen molar-refractivity contribution in [3.63, 3.8) is 0 Å². The molecule has 136 valence electrons. The molecule has 1 aliphatic rings. The van der Waals surface area contributed by atoms with Crippen LogP contribution in [-0.2, 0) is 24.3 Å². The third-order valence-corrected chi connectivity index (χ3v) is 4.94. The molecule has 0 saturated carbocycles. The highest BCUT2D eigenvalue weighted by molar-refractivity contribution is 7.90. The molecular weight excluding hydrogens is 346 g/mol. The molecule has 25 heavy (non-hydrogen) atoms. The van der Waals surface area contributed by atoms with Crippen molar-refractivity contribution in [2.24, 2.45) is 4.99 Å². The minimum Gasteiger partial charge on any atom is -0.451 e. The molecule has 1 aliphatic heterocycles. The second kappa shape index (κ2) is 7.64. The van der Waals surface area contributed by atoms with Crippen molar-refractivity contribution in [3.8, 4) is 0 Å². The van der Waals surface area contributed by atoms with Crippen LogP contribution in [0.15, 0.2) is 34.2 Å². The van der Waals surface area contributed by atoms with Gasteiger partial charge in [-0.1, -0.05) is 19.1 Å². The van der Waals surface area contributed by atoms with Crippen molar-refractivity contribution in [2.45, 2.75) is 44.2 Å². The van der Waals surface area contributed by atoms with Crippen molar-refractivity contribution in [1.82, 2.24) is 10.0 Å². The normalized spacial score (nSPS) is 18.8. The number of amides is 1. The topological polar surface area (TPSA) is 114 Å². The number of nitrogens with one attached hydrogen (secondary N) is 2. The smallest absolute Gasteiger partial charge is 0.331 e. The summed E-state index contributed by atoms with van der Waals surface area (Å²) in [5.74, 6) is -1.01. The van der Waals surface area contributed by atoms with Crippen LogP contribution in [0.4, 0.5) is 0 Å². The summed E-state index contributed by atoms with van der Waals surface area (Å²) in [6, 6.07) is 5.38. The summed E-state index contributed by atoms with van der Waals surface area (Å²) in [6.45, 7) is 5.35. The number of nitrogens with zero attached hydrogens (tertiary/aromatic N) is 1. The molecule has 9 heteroatoms. The highest BCUT2D eigenvalue weighted by atomic mass is 32.2. The highest BCUT2D eigenvalue weighted by Gasteiger charge is 2.31. The summed E-state index contributed by atoms with van der Waals surface area (Å²) in [4.78, 5) is 28.1. The number of hydrogen-bond acceptors (Lipinski definition) is 6. The molecule has 2 N–H and O–H groups in total. The maximum atomic E-state index is 12.1. The SMILES string of the molecule is CCCNC(=O)[C@@H](C)OC(=O)[C@H](C)N=C1NS(=O)(=O)c2ccccc21. The number of benzene rings is 1. The van der Waals surface area contributed by atoms with E-state index in [0.717, 1.165) is 6.42 Å². The highest BCUT2D eigenvalue weighted by Crippen LogP contribution is 2.22. The summed E-state index contributed by atoms with van der Waals surface area (Å²) >= 11 is 0. The molecule has 0 fully saturated rings. The molecule has 0 spiro atoms. The van der Waals surface area contributed by atoms with E-state index in [1.54, 1.807) is 18.2 Å². The molecule has 0 saturated heterocycles. The van der Waals surface area contributed by atoms with E-state index < -0.39 is 28.1 Å².